The van der Waals surface area contributed by atoms with Crippen molar-refractivity contribution in [3.63, 3.8) is 0 Å². The summed E-state index contributed by atoms with van der Waals surface area (Å²) in [4.78, 5) is 26.6. The first-order valence-electron chi connectivity index (χ1n) is 8.56. The lowest BCUT2D eigenvalue weighted by molar-refractivity contribution is -0.122. The molecule has 5 nitrogen and oxygen atoms in total. The van der Waals surface area contributed by atoms with Crippen LogP contribution < -0.4 is 10.2 Å². The van der Waals surface area contributed by atoms with E-state index in [1.54, 1.807) is 54.6 Å². The second-order valence-corrected chi connectivity index (χ2v) is 7.93. The molecule has 1 aliphatic heterocycles. The van der Waals surface area contributed by atoms with Crippen molar-refractivity contribution in [2.45, 2.75) is 0 Å². The number of carbonyl (C=O) groups is 2. The summed E-state index contributed by atoms with van der Waals surface area (Å²) in [7, 11) is 0. The molecule has 1 N–H and O–H groups in total. The number of hydrogen-bond acceptors (Lipinski definition) is 4. The van der Waals surface area contributed by atoms with E-state index in [4.69, 9.17) is 51.4 Å². The summed E-state index contributed by atoms with van der Waals surface area (Å²) in [6.07, 6.45) is 1.36. The molecule has 2 aromatic carbocycles. The summed E-state index contributed by atoms with van der Waals surface area (Å²) in [6.45, 7) is 0. The summed E-state index contributed by atoms with van der Waals surface area (Å²) >= 11 is 23.2. The van der Waals surface area contributed by atoms with E-state index in [9.17, 15) is 9.59 Å². The second-order valence-electron chi connectivity index (χ2n) is 6.26. The highest BCUT2D eigenvalue weighted by Crippen LogP contribution is 2.32. The van der Waals surface area contributed by atoms with Crippen LogP contribution in [0.2, 0.25) is 15.1 Å². The molecule has 1 saturated heterocycles. The van der Waals surface area contributed by atoms with Gasteiger partial charge in [-0.15, -0.1) is 0 Å². The molecule has 0 radical (unpaired) electrons. The number of carbonyl (C=O) groups excluding carboxylic acids is 2. The molecule has 2 amide bonds. The number of nitrogens with zero attached hydrogens (tertiary/aromatic N) is 1. The Kier molecular flexibility index (Phi) is 5.66. The fourth-order valence-corrected chi connectivity index (χ4v) is 3.80. The standard InChI is InChI=1S/C21H11Cl3N2O3S/c22-11-1-4-13(5-2-11)26-20(28)16(19(27)25-21(26)30)10-14-6-8-18(29-14)15-7-3-12(23)9-17(15)24/h1-10H,(H,25,27,30)/b16-10-. The Morgan fingerprint density at radius 2 is 1.63 bits per heavy atom. The van der Waals surface area contributed by atoms with Crippen LogP contribution in [0.1, 0.15) is 5.76 Å². The highest BCUT2D eigenvalue weighted by Gasteiger charge is 2.34. The van der Waals surface area contributed by atoms with Crippen LogP contribution >= 0.6 is 47.0 Å². The van der Waals surface area contributed by atoms with E-state index in [2.05, 4.69) is 5.32 Å². The third-order valence-corrected chi connectivity index (χ3v) is 5.38. The van der Waals surface area contributed by atoms with Crippen molar-refractivity contribution in [3.8, 4) is 11.3 Å². The van der Waals surface area contributed by atoms with Crippen molar-refractivity contribution in [1.29, 1.82) is 0 Å². The Hall–Kier alpha value is -2.64. The van der Waals surface area contributed by atoms with Gasteiger partial charge in [-0.2, -0.15) is 0 Å². The fourth-order valence-electron chi connectivity index (χ4n) is 2.89. The Bertz CT molecular complexity index is 1220. The third kappa shape index (κ3) is 4.00. The van der Waals surface area contributed by atoms with Crippen LogP contribution in [0.5, 0.6) is 0 Å². The number of furan rings is 1. The summed E-state index contributed by atoms with van der Waals surface area (Å²) in [5.74, 6) is -0.415. The van der Waals surface area contributed by atoms with Crippen LogP contribution in [0.15, 0.2) is 64.6 Å². The zero-order chi connectivity index (χ0) is 21.4. The van der Waals surface area contributed by atoms with Crippen LogP contribution in [0, 0.1) is 0 Å². The highest BCUT2D eigenvalue weighted by atomic mass is 35.5. The molecule has 0 unspecified atom stereocenters. The Morgan fingerprint density at radius 3 is 2.33 bits per heavy atom. The first-order valence-corrected chi connectivity index (χ1v) is 10.1. The van der Waals surface area contributed by atoms with Crippen LogP contribution in [-0.2, 0) is 9.59 Å². The molecule has 0 aliphatic carbocycles. The molecular formula is C21H11Cl3N2O3S. The molecule has 0 saturated carbocycles. The van der Waals surface area contributed by atoms with Crippen molar-refractivity contribution < 1.29 is 14.0 Å². The minimum Gasteiger partial charge on any atom is -0.457 e. The van der Waals surface area contributed by atoms with E-state index < -0.39 is 11.8 Å². The van der Waals surface area contributed by atoms with E-state index in [0.29, 0.717) is 37.8 Å². The molecule has 30 heavy (non-hydrogen) atoms. The molecule has 9 heteroatoms. The average molecular weight is 478 g/mol. The second kappa shape index (κ2) is 8.24. The van der Waals surface area contributed by atoms with Gasteiger partial charge in [-0.1, -0.05) is 34.8 Å². The Balaban J connectivity index is 1.68. The molecule has 2 heterocycles. The lowest BCUT2D eigenvalue weighted by Gasteiger charge is -2.28. The maximum atomic E-state index is 13.0. The lowest BCUT2D eigenvalue weighted by Crippen LogP contribution is -2.54. The number of benzene rings is 2. The zero-order valence-electron chi connectivity index (χ0n) is 15.0. The molecule has 1 aliphatic rings. The predicted octanol–water partition coefficient (Wildman–Crippen LogP) is 5.74. The molecule has 1 fully saturated rings. The van der Waals surface area contributed by atoms with Gasteiger partial charge in [0.15, 0.2) is 5.11 Å². The maximum absolute atomic E-state index is 13.0. The quantitative estimate of drug-likeness (QED) is 0.297. The fraction of sp³-hybridized carbons (Fsp3) is 0. The van der Waals surface area contributed by atoms with Crippen molar-refractivity contribution >= 4 is 75.7 Å². The highest BCUT2D eigenvalue weighted by molar-refractivity contribution is 7.80. The summed E-state index contributed by atoms with van der Waals surface area (Å²) in [5, 5.41) is 3.93. The lowest BCUT2D eigenvalue weighted by atomic mass is 10.1. The third-order valence-electron chi connectivity index (χ3n) is 4.30. The van der Waals surface area contributed by atoms with Gasteiger partial charge in [0.1, 0.15) is 17.1 Å². The van der Waals surface area contributed by atoms with E-state index in [0.717, 1.165) is 0 Å². The number of rotatable bonds is 3. The number of halogens is 3. The van der Waals surface area contributed by atoms with Crippen LogP contribution in [0.25, 0.3) is 17.4 Å². The van der Waals surface area contributed by atoms with Gasteiger partial charge in [0.2, 0.25) is 0 Å². The predicted molar refractivity (Wildman–Crippen MR) is 122 cm³/mol. The van der Waals surface area contributed by atoms with Gasteiger partial charge in [-0.25, -0.2) is 0 Å². The normalized spacial score (nSPS) is 15.6. The van der Waals surface area contributed by atoms with E-state index in [1.165, 1.54) is 11.0 Å². The van der Waals surface area contributed by atoms with Gasteiger partial charge in [-0.3, -0.25) is 19.8 Å². The topological polar surface area (TPSA) is 62.6 Å². The minimum atomic E-state index is -0.613. The molecule has 0 bridgehead atoms. The van der Waals surface area contributed by atoms with Crippen molar-refractivity contribution in [2.75, 3.05) is 4.90 Å². The Morgan fingerprint density at radius 1 is 0.933 bits per heavy atom. The summed E-state index contributed by atoms with van der Waals surface area (Å²) < 4.78 is 5.77. The number of thiocarbonyl (C=S) groups is 1. The number of amides is 2. The van der Waals surface area contributed by atoms with Crippen LogP contribution in [-0.4, -0.2) is 16.9 Å². The van der Waals surface area contributed by atoms with Crippen molar-refractivity contribution in [2.24, 2.45) is 0 Å². The summed E-state index contributed by atoms with van der Waals surface area (Å²) in [6, 6.07) is 14.8. The van der Waals surface area contributed by atoms with E-state index in [1.807, 2.05) is 0 Å². The van der Waals surface area contributed by atoms with Gasteiger partial charge in [-0.05, 0) is 72.9 Å². The molecule has 0 spiro atoms. The van der Waals surface area contributed by atoms with Crippen LogP contribution in [0.4, 0.5) is 5.69 Å². The van der Waals surface area contributed by atoms with E-state index in [-0.39, 0.29) is 10.7 Å². The Labute approximate surface area is 191 Å². The van der Waals surface area contributed by atoms with E-state index >= 15 is 0 Å². The van der Waals surface area contributed by atoms with Gasteiger partial charge < -0.3 is 4.42 Å². The maximum Gasteiger partial charge on any atom is 0.270 e. The molecule has 150 valence electrons. The minimum absolute atomic E-state index is 0.0162. The SMILES string of the molecule is O=C1NC(=S)N(c2ccc(Cl)cc2)C(=O)/C1=C\c1ccc(-c2ccc(Cl)cc2Cl)o1. The molecule has 1 aromatic heterocycles. The number of anilines is 1. The first-order chi connectivity index (χ1) is 14.3. The largest absolute Gasteiger partial charge is 0.457 e. The van der Waals surface area contributed by atoms with Crippen molar-refractivity contribution in [1.82, 2.24) is 5.32 Å². The molecule has 0 atom stereocenters. The number of hydrogen-bond donors (Lipinski definition) is 1. The smallest absolute Gasteiger partial charge is 0.270 e. The van der Waals surface area contributed by atoms with Crippen LogP contribution in [0.3, 0.4) is 0 Å². The summed E-state index contributed by atoms with van der Waals surface area (Å²) in [5.41, 5.74) is 0.990. The van der Waals surface area contributed by atoms with Crippen molar-refractivity contribution in [3.05, 3.63) is 81.0 Å². The van der Waals surface area contributed by atoms with Gasteiger partial charge >= 0.3 is 0 Å². The number of nitrogens with one attached hydrogen (secondary N) is 1. The van der Waals surface area contributed by atoms with Gasteiger partial charge in [0, 0.05) is 15.6 Å². The average Bonchev–Trinajstić information content (AvgIpc) is 3.15. The molecule has 4 rings (SSSR count). The van der Waals surface area contributed by atoms with Gasteiger partial charge in [0.25, 0.3) is 11.8 Å². The zero-order valence-corrected chi connectivity index (χ0v) is 18.1. The monoisotopic (exact) mass is 476 g/mol. The molecular weight excluding hydrogens is 467 g/mol. The first kappa shape index (κ1) is 20.6. The molecule has 3 aromatic rings. The van der Waals surface area contributed by atoms with Gasteiger partial charge in [0.05, 0.1) is 10.7 Å².